The second-order valence-electron chi connectivity index (χ2n) is 4.50. The normalized spacial score (nSPS) is 14.5. The van der Waals surface area contributed by atoms with E-state index in [1.165, 1.54) is 11.1 Å². The van der Waals surface area contributed by atoms with Gasteiger partial charge in [0.25, 0.3) is 0 Å². The van der Waals surface area contributed by atoms with Gasteiger partial charge in [0, 0.05) is 12.6 Å². The Kier molecular flexibility index (Phi) is 3.37. The monoisotopic (exact) mass is 245 g/mol. The molecule has 92 valence electrons. The average Bonchev–Trinajstić information content (AvgIpc) is 2.75. The van der Waals surface area contributed by atoms with E-state index < -0.39 is 0 Å². The number of nitrogens with zero attached hydrogens (tertiary/aromatic N) is 1. The van der Waals surface area contributed by atoms with Crippen molar-refractivity contribution in [1.29, 1.82) is 0 Å². The van der Waals surface area contributed by atoms with Crippen molar-refractivity contribution in [3.05, 3.63) is 90.1 Å². The molecule has 0 aromatic heterocycles. The zero-order chi connectivity index (χ0) is 12.9. The maximum absolute atomic E-state index is 4.64. The quantitative estimate of drug-likeness (QED) is 0.740. The van der Waals surface area contributed by atoms with Gasteiger partial charge in [0.15, 0.2) is 0 Å². The van der Waals surface area contributed by atoms with Gasteiger partial charge in [-0.15, -0.1) is 0 Å². The van der Waals surface area contributed by atoms with Crippen LogP contribution >= 0.6 is 0 Å². The average molecular weight is 245 g/mol. The molecule has 3 rings (SSSR count). The lowest BCUT2D eigenvalue weighted by molar-refractivity contribution is 1.41. The number of aliphatic imine (C=N–C) groups is 1. The molecule has 0 saturated heterocycles. The smallest absolute Gasteiger partial charge is 0.0513 e. The van der Waals surface area contributed by atoms with Gasteiger partial charge in [-0.3, -0.25) is 4.99 Å². The van der Waals surface area contributed by atoms with E-state index >= 15 is 0 Å². The van der Waals surface area contributed by atoms with Gasteiger partial charge >= 0.3 is 0 Å². The third-order valence-electron chi connectivity index (χ3n) is 3.18. The summed E-state index contributed by atoms with van der Waals surface area (Å²) in [6.07, 6.45) is 7.16. The molecule has 1 heterocycles. The lowest BCUT2D eigenvalue weighted by atomic mass is 10.1. The Hall–Kier alpha value is -2.41. The summed E-state index contributed by atoms with van der Waals surface area (Å²) in [7, 11) is 0. The Morgan fingerprint density at radius 3 is 2.05 bits per heavy atom. The van der Waals surface area contributed by atoms with Crippen molar-refractivity contribution in [2.24, 2.45) is 4.99 Å². The van der Waals surface area contributed by atoms with Gasteiger partial charge in [0.2, 0.25) is 0 Å². The van der Waals surface area contributed by atoms with Crippen LogP contribution in [0, 0.1) is 0 Å². The highest BCUT2D eigenvalue weighted by Crippen LogP contribution is 2.19. The standard InChI is InChI=1S/C18H15N/c1-3-8-15(9-4-1)17-12-7-13-18(19-14-17)16-10-5-2-6-11-16/h1-12,14H,13H2. The Labute approximate surface area is 113 Å². The van der Waals surface area contributed by atoms with Crippen LogP contribution in [0.15, 0.2) is 84.0 Å². The fourth-order valence-corrected chi connectivity index (χ4v) is 2.17. The minimum atomic E-state index is 0.872. The lowest BCUT2D eigenvalue weighted by Crippen LogP contribution is -1.97. The van der Waals surface area contributed by atoms with Crippen molar-refractivity contribution in [2.75, 3.05) is 0 Å². The van der Waals surface area contributed by atoms with E-state index in [2.05, 4.69) is 53.5 Å². The fraction of sp³-hybridized carbons (Fsp3) is 0.0556. The van der Waals surface area contributed by atoms with Gasteiger partial charge in [-0.2, -0.15) is 0 Å². The SMILES string of the molecule is C1=CC(c2ccccc2)=CN=C(c2ccccc2)C1. The van der Waals surface area contributed by atoms with Gasteiger partial charge in [0.1, 0.15) is 0 Å². The lowest BCUT2D eigenvalue weighted by Gasteiger charge is -2.01. The van der Waals surface area contributed by atoms with Crippen molar-refractivity contribution in [2.45, 2.75) is 6.42 Å². The van der Waals surface area contributed by atoms with E-state index in [4.69, 9.17) is 0 Å². The van der Waals surface area contributed by atoms with Crippen molar-refractivity contribution < 1.29 is 0 Å². The van der Waals surface area contributed by atoms with Crippen LogP contribution in [0.3, 0.4) is 0 Å². The molecule has 0 aliphatic carbocycles. The molecule has 19 heavy (non-hydrogen) atoms. The fourth-order valence-electron chi connectivity index (χ4n) is 2.17. The Bertz CT molecular complexity index is 634. The van der Waals surface area contributed by atoms with Gasteiger partial charge in [0.05, 0.1) is 5.71 Å². The summed E-state index contributed by atoms with van der Waals surface area (Å²) >= 11 is 0. The molecule has 0 saturated carbocycles. The summed E-state index contributed by atoms with van der Waals surface area (Å²) in [5.41, 5.74) is 4.67. The number of hydrogen-bond acceptors (Lipinski definition) is 1. The van der Waals surface area contributed by atoms with Crippen LogP contribution in [0.4, 0.5) is 0 Å². The Morgan fingerprint density at radius 2 is 1.37 bits per heavy atom. The minimum Gasteiger partial charge on any atom is -0.260 e. The summed E-state index contributed by atoms with van der Waals surface area (Å²) < 4.78 is 0. The molecule has 1 aliphatic rings. The van der Waals surface area contributed by atoms with Crippen molar-refractivity contribution in [1.82, 2.24) is 0 Å². The molecule has 0 amide bonds. The molecular weight excluding hydrogens is 230 g/mol. The third-order valence-corrected chi connectivity index (χ3v) is 3.18. The van der Waals surface area contributed by atoms with E-state index in [-0.39, 0.29) is 0 Å². The Morgan fingerprint density at radius 1 is 0.737 bits per heavy atom. The highest BCUT2D eigenvalue weighted by Gasteiger charge is 2.04. The topological polar surface area (TPSA) is 12.4 Å². The van der Waals surface area contributed by atoms with Crippen LogP contribution in [0.5, 0.6) is 0 Å². The van der Waals surface area contributed by atoms with Crippen LogP contribution in [0.1, 0.15) is 17.5 Å². The third kappa shape index (κ3) is 2.71. The predicted octanol–water partition coefficient (Wildman–Crippen LogP) is 4.48. The van der Waals surface area contributed by atoms with E-state index in [9.17, 15) is 0 Å². The highest BCUT2D eigenvalue weighted by atomic mass is 14.7. The van der Waals surface area contributed by atoms with E-state index in [1.54, 1.807) is 0 Å². The molecule has 0 N–H and O–H groups in total. The van der Waals surface area contributed by atoms with Crippen molar-refractivity contribution >= 4 is 11.3 Å². The maximum atomic E-state index is 4.64. The first-order valence-electron chi connectivity index (χ1n) is 6.48. The van der Waals surface area contributed by atoms with Crippen molar-refractivity contribution in [3.63, 3.8) is 0 Å². The minimum absolute atomic E-state index is 0.872. The van der Waals surface area contributed by atoms with Crippen LogP contribution in [0.2, 0.25) is 0 Å². The van der Waals surface area contributed by atoms with Crippen molar-refractivity contribution in [3.8, 4) is 0 Å². The van der Waals surface area contributed by atoms with Gasteiger partial charge < -0.3 is 0 Å². The molecule has 0 radical (unpaired) electrons. The first kappa shape index (κ1) is 11.7. The molecule has 0 atom stereocenters. The first-order valence-corrected chi connectivity index (χ1v) is 6.48. The second kappa shape index (κ2) is 5.49. The molecule has 2 aromatic rings. The molecule has 0 fully saturated rings. The second-order valence-corrected chi connectivity index (χ2v) is 4.50. The van der Waals surface area contributed by atoms with Gasteiger partial charge in [-0.1, -0.05) is 72.8 Å². The Balaban J connectivity index is 1.95. The van der Waals surface area contributed by atoms with Crippen LogP contribution < -0.4 is 0 Å². The first-order chi connectivity index (χ1) is 9.43. The molecule has 1 heteroatoms. The van der Waals surface area contributed by atoms with Crippen LogP contribution in [0.25, 0.3) is 5.57 Å². The summed E-state index contributed by atoms with van der Waals surface area (Å²) in [5, 5.41) is 0. The largest absolute Gasteiger partial charge is 0.260 e. The molecule has 0 unspecified atom stereocenters. The van der Waals surface area contributed by atoms with E-state index in [0.717, 1.165) is 17.7 Å². The summed E-state index contributed by atoms with van der Waals surface area (Å²) in [5.74, 6) is 0. The van der Waals surface area contributed by atoms with E-state index in [1.807, 2.05) is 30.5 Å². The molecule has 1 aliphatic heterocycles. The van der Waals surface area contributed by atoms with Gasteiger partial charge in [-0.25, -0.2) is 0 Å². The molecule has 1 nitrogen and oxygen atoms in total. The summed E-state index contributed by atoms with van der Waals surface area (Å²) in [6, 6.07) is 20.7. The summed E-state index contributed by atoms with van der Waals surface area (Å²) in [4.78, 5) is 4.64. The number of benzene rings is 2. The van der Waals surface area contributed by atoms with E-state index in [0.29, 0.717) is 0 Å². The van der Waals surface area contributed by atoms with Gasteiger partial charge in [-0.05, 0) is 16.7 Å². The summed E-state index contributed by atoms with van der Waals surface area (Å²) in [6.45, 7) is 0. The van der Waals surface area contributed by atoms with Crippen LogP contribution in [-0.2, 0) is 0 Å². The number of rotatable bonds is 2. The predicted molar refractivity (Wildman–Crippen MR) is 81.2 cm³/mol. The molecule has 2 aromatic carbocycles. The number of hydrogen-bond donors (Lipinski definition) is 0. The van der Waals surface area contributed by atoms with Crippen LogP contribution in [-0.4, -0.2) is 5.71 Å². The highest BCUT2D eigenvalue weighted by molar-refractivity contribution is 6.03. The number of allylic oxidation sites excluding steroid dienone is 3. The zero-order valence-corrected chi connectivity index (χ0v) is 10.7. The zero-order valence-electron chi connectivity index (χ0n) is 10.7. The molecule has 0 bridgehead atoms. The molecular formula is C18H15N. The molecule has 0 spiro atoms. The maximum Gasteiger partial charge on any atom is 0.0513 e.